The van der Waals surface area contributed by atoms with Crippen LogP contribution < -0.4 is 4.74 Å². The Labute approximate surface area is 103 Å². The van der Waals surface area contributed by atoms with E-state index in [2.05, 4.69) is 37.3 Å². The van der Waals surface area contributed by atoms with Crippen molar-refractivity contribution in [2.45, 2.75) is 18.9 Å². The molecular formula is C15H18O2. The van der Waals surface area contributed by atoms with Gasteiger partial charge >= 0.3 is 0 Å². The first-order valence-electron chi connectivity index (χ1n) is 5.76. The van der Waals surface area contributed by atoms with Gasteiger partial charge in [-0.15, -0.1) is 0 Å². The van der Waals surface area contributed by atoms with Crippen LogP contribution in [0.1, 0.15) is 18.9 Å². The second-order valence-electron chi connectivity index (χ2n) is 4.44. The maximum absolute atomic E-state index is 5.45. The molecule has 90 valence electrons. The summed E-state index contributed by atoms with van der Waals surface area (Å²) in [5.41, 5.74) is 2.29. The molecule has 0 bridgehead atoms. The highest BCUT2D eigenvalue weighted by Crippen LogP contribution is 2.29. The lowest BCUT2D eigenvalue weighted by Crippen LogP contribution is -2.24. The number of benzene rings is 1. The van der Waals surface area contributed by atoms with E-state index in [1.165, 1.54) is 11.1 Å². The molecule has 1 aliphatic carbocycles. The third-order valence-electron chi connectivity index (χ3n) is 3.23. The van der Waals surface area contributed by atoms with Crippen molar-refractivity contribution in [3.05, 3.63) is 48.1 Å². The van der Waals surface area contributed by atoms with Crippen LogP contribution in [-0.2, 0) is 4.74 Å². The standard InChI is InChI=1S/C15H18O2/c1-15(17-3)10-8-13(9-11-15)12-4-6-14(16-2)7-5-12/h4-10H,11H2,1-3H3. The molecule has 17 heavy (non-hydrogen) atoms. The molecule has 0 aromatic heterocycles. The van der Waals surface area contributed by atoms with Gasteiger partial charge < -0.3 is 9.47 Å². The lowest BCUT2D eigenvalue weighted by Gasteiger charge is -2.26. The average Bonchev–Trinajstić information content (AvgIpc) is 2.40. The quantitative estimate of drug-likeness (QED) is 0.792. The SMILES string of the molecule is COc1ccc(C2=CCC(C)(OC)C=C2)cc1. The molecule has 0 spiro atoms. The van der Waals surface area contributed by atoms with Crippen LogP contribution in [0.25, 0.3) is 5.57 Å². The summed E-state index contributed by atoms with van der Waals surface area (Å²) < 4.78 is 10.6. The van der Waals surface area contributed by atoms with Gasteiger partial charge in [0.15, 0.2) is 0 Å². The molecule has 2 nitrogen and oxygen atoms in total. The molecule has 1 atom stereocenters. The van der Waals surface area contributed by atoms with Crippen molar-refractivity contribution in [3.63, 3.8) is 0 Å². The largest absolute Gasteiger partial charge is 0.497 e. The lowest BCUT2D eigenvalue weighted by molar-refractivity contribution is 0.0508. The van der Waals surface area contributed by atoms with E-state index in [1.54, 1.807) is 14.2 Å². The van der Waals surface area contributed by atoms with E-state index >= 15 is 0 Å². The minimum atomic E-state index is -0.157. The molecule has 0 fully saturated rings. The van der Waals surface area contributed by atoms with E-state index in [9.17, 15) is 0 Å². The average molecular weight is 230 g/mol. The Kier molecular flexibility index (Phi) is 3.34. The third kappa shape index (κ3) is 2.59. The molecule has 1 aromatic rings. The highest BCUT2D eigenvalue weighted by atomic mass is 16.5. The first-order chi connectivity index (χ1) is 8.17. The first-order valence-corrected chi connectivity index (χ1v) is 5.76. The number of ether oxygens (including phenoxy) is 2. The smallest absolute Gasteiger partial charge is 0.118 e. The molecule has 0 N–H and O–H groups in total. The topological polar surface area (TPSA) is 18.5 Å². The number of allylic oxidation sites excluding steroid dienone is 2. The minimum Gasteiger partial charge on any atom is -0.497 e. The molecule has 0 saturated heterocycles. The Hall–Kier alpha value is -1.54. The second kappa shape index (κ2) is 4.76. The zero-order valence-corrected chi connectivity index (χ0v) is 10.6. The highest BCUT2D eigenvalue weighted by molar-refractivity contribution is 5.75. The van der Waals surface area contributed by atoms with Gasteiger partial charge in [0.25, 0.3) is 0 Å². The molecule has 1 aliphatic rings. The van der Waals surface area contributed by atoms with Crippen molar-refractivity contribution in [1.82, 2.24) is 0 Å². The summed E-state index contributed by atoms with van der Waals surface area (Å²) in [6.07, 6.45) is 7.36. The van der Waals surface area contributed by atoms with Gasteiger partial charge in [-0.25, -0.2) is 0 Å². The Morgan fingerprint density at radius 1 is 1.12 bits per heavy atom. The Balaban J connectivity index is 2.17. The summed E-state index contributed by atoms with van der Waals surface area (Å²) in [4.78, 5) is 0. The molecule has 0 radical (unpaired) electrons. The molecule has 2 heteroatoms. The van der Waals surface area contributed by atoms with Crippen molar-refractivity contribution in [1.29, 1.82) is 0 Å². The zero-order valence-electron chi connectivity index (χ0n) is 10.6. The fraction of sp³-hybridized carbons (Fsp3) is 0.333. The van der Waals surface area contributed by atoms with E-state index in [0.717, 1.165) is 12.2 Å². The fourth-order valence-electron chi connectivity index (χ4n) is 1.86. The Bertz CT molecular complexity index is 442. The van der Waals surface area contributed by atoms with E-state index in [1.807, 2.05) is 12.1 Å². The number of rotatable bonds is 3. The van der Waals surface area contributed by atoms with Crippen LogP contribution in [0.4, 0.5) is 0 Å². The zero-order chi connectivity index (χ0) is 12.3. The van der Waals surface area contributed by atoms with E-state index in [-0.39, 0.29) is 5.60 Å². The van der Waals surface area contributed by atoms with Crippen LogP contribution in [0, 0.1) is 0 Å². The van der Waals surface area contributed by atoms with E-state index in [4.69, 9.17) is 9.47 Å². The van der Waals surface area contributed by atoms with Crippen molar-refractivity contribution in [2.24, 2.45) is 0 Å². The molecule has 1 unspecified atom stereocenters. The van der Waals surface area contributed by atoms with Gasteiger partial charge in [-0.2, -0.15) is 0 Å². The van der Waals surface area contributed by atoms with Gasteiger partial charge in [-0.1, -0.05) is 30.4 Å². The van der Waals surface area contributed by atoms with Gasteiger partial charge in [0.1, 0.15) is 5.75 Å². The van der Waals surface area contributed by atoms with Crippen LogP contribution in [-0.4, -0.2) is 19.8 Å². The fourth-order valence-corrected chi connectivity index (χ4v) is 1.86. The van der Waals surface area contributed by atoms with E-state index in [0.29, 0.717) is 0 Å². The van der Waals surface area contributed by atoms with Gasteiger partial charge in [-0.05, 0) is 36.6 Å². The predicted octanol–water partition coefficient (Wildman–Crippen LogP) is 3.44. The van der Waals surface area contributed by atoms with Crippen molar-refractivity contribution < 1.29 is 9.47 Å². The highest BCUT2D eigenvalue weighted by Gasteiger charge is 2.21. The van der Waals surface area contributed by atoms with Crippen LogP contribution in [0.3, 0.4) is 0 Å². The van der Waals surface area contributed by atoms with Crippen molar-refractivity contribution in [2.75, 3.05) is 14.2 Å². The normalized spacial score (nSPS) is 23.4. The molecule has 2 rings (SSSR count). The summed E-state index contributed by atoms with van der Waals surface area (Å²) in [6.45, 7) is 2.09. The summed E-state index contributed by atoms with van der Waals surface area (Å²) >= 11 is 0. The lowest BCUT2D eigenvalue weighted by atomic mass is 9.91. The summed E-state index contributed by atoms with van der Waals surface area (Å²) in [5.74, 6) is 0.885. The number of hydrogen-bond donors (Lipinski definition) is 0. The third-order valence-corrected chi connectivity index (χ3v) is 3.23. The monoisotopic (exact) mass is 230 g/mol. The molecular weight excluding hydrogens is 212 g/mol. The first kappa shape index (κ1) is 11.9. The molecule has 0 amide bonds. The molecule has 1 aromatic carbocycles. The summed E-state index contributed by atoms with van der Waals surface area (Å²) in [7, 11) is 3.43. The number of methoxy groups -OCH3 is 2. The van der Waals surface area contributed by atoms with Gasteiger partial charge in [0, 0.05) is 7.11 Å². The van der Waals surface area contributed by atoms with Gasteiger partial charge in [-0.3, -0.25) is 0 Å². The van der Waals surface area contributed by atoms with Gasteiger partial charge in [0.2, 0.25) is 0 Å². The minimum absolute atomic E-state index is 0.157. The van der Waals surface area contributed by atoms with E-state index < -0.39 is 0 Å². The van der Waals surface area contributed by atoms with Crippen LogP contribution in [0.15, 0.2) is 42.5 Å². The maximum atomic E-state index is 5.45. The van der Waals surface area contributed by atoms with Crippen LogP contribution in [0.5, 0.6) is 5.75 Å². The van der Waals surface area contributed by atoms with Crippen molar-refractivity contribution in [3.8, 4) is 5.75 Å². The predicted molar refractivity (Wildman–Crippen MR) is 70.1 cm³/mol. The molecule has 0 saturated carbocycles. The summed E-state index contributed by atoms with van der Waals surface area (Å²) in [6, 6.07) is 8.11. The van der Waals surface area contributed by atoms with Crippen molar-refractivity contribution >= 4 is 5.57 Å². The van der Waals surface area contributed by atoms with Crippen LogP contribution in [0.2, 0.25) is 0 Å². The second-order valence-corrected chi connectivity index (χ2v) is 4.44. The molecule has 0 aliphatic heterocycles. The number of hydrogen-bond acceptors (Lipinski definition) is 2. The van der Waals surface area contributed by atoms with Gasteiger partial charge in [0.05, 0.1) is 12.7 Å². The Morgan fingerprint density at radius 3 is 2.29 bits per heavy atom. The maximum Gasteiger partial charge on any atom is 0.118 e. The Morgan fingerprint density at radius 2 is 1.82 bits per heavy atom. The van der Waals surface area contributed by atoms with Crippen LogP contribution >= 0.6 is 0 Å². The molecule has 0 heterocycles. The summed E-state index contributed by atoms with van der Waals surface area (Å²) in [5, 5.41) is 0.